The van der Waals surface area contributed by atoms with Crippen LogP contribution in [0.5, 0.6) is 17.2 Å². The van der Waals surface area contributed by atoms with E-state index in [0.717, 1.165) is 0 Å². The lowest BCUT2D eigenvalue weighted by molar-refractivity contribution is -0.131. The molecule has 1 unspecified atom stereocenters. The Morgan fingerprint density at radius 3 is 2.50 bits per heavy atom. The van der Waals surface area contributed by atoms with E-state index >= 15 is 0 Å². The van der Waals surface area contributed by atoms with Gasteiger partial charge in [-0.2, -0.15) is 0 Å². The molecule has 136 valence electrons. The minimum absolute atomic E-state index is 0.0505. The van der Waals surface area contributed by atoms with Gasteiger partial charge in [0.15, 0.2) is 0 Å². The number of carbonyl (C=O) groups is 2. The topological polar surface area (TPSA) is 67.9 Å². The molecule has 1 aliphatic rings. The summed E-state index contributed by atoms with van der Waals surface area (Å²) in [6.45, 7) is 0. The van der Waals surface area contributed by atoms with Crippen molar-refractivity contribution in [2.75, 3.05) is 19.5 Å². The SMILES string of the molecule is COc1ccc(Oc2ccc(F)cc2)cc1NC(=O)C1CCC(=O)N1C. The van der Waals surface area contributed by atoms with E-state index in [1.807, 2.05) is 0 Å². The average Bonchev–Trinajstić information content (AvgIpc) is 2.96. The Balaban J connectivity index is 1.78. The zero-order valence-corrected chi connectivity index (χ0v) is 14.5. The highest BCUT2D eigenvalue weighted by Gasteiger charge is 2.33. The first-order chi connectivity index (χ1) is 12.5. The van der Waals surface area contributed by atoms with Gasteiger partial charge < -0.3 is 19.7 Å². The molecule has 2 aromatic carbocycles. The molecule has 1 heterocycles. The van der Waals surface area contributed by atoms with Gasteiger partial charge in [0.1, 0.15) is 29.1 Å². The lowest BCUT2D eigenvalue weighted by Crippen LogP contribution is -2.38. The number of amides is 2. The molecule has 0 radical (unpaired) electrons. The van der Waals surface area contributed by atoms with Crippen LogP contribution in [-0.4, -0.2) is 36.9 Å². The maximum atomic E-state index is 13.0. The Bertz CT molecular complexity index is 823. The molecule has 1 aliphatic heterocycles. The second kappa shape index (κ2) is 7.43. The van der Waals surface area contributed by atoms with Crippen molar-refractivity contribution >= 4 is 17.5 Å². The largest absolute Gasteiger partial charge is 0.495 e. The van der Waals surface area contributed by atoms with Crippen LogP contribution in [0, 0.1) is 5.82 Å². The third-order valence-corrected chi connectivity index (χ3v) is 4.27. The molecule has 7 heteroatoms. The number of ether oxygens (including phenoxy) is 2. The predicted molar refractivity (Wildman–Crippen MR) is 93.9 cm³/mol. The molecule has 0 spiro atoms. The number of anilines is 1. The van der Waals surface area contributed by atoms with Gasteiger partial charge in [0.2, 0.25) is 11.8 Å². The summed E-state index contributed by atoms with van der Waals surface area (Å²) < 4.78 is 23.9. The van der Waals surface area contributed by atoms with Crippen molar-refractivity contribution in [3.8, 4) is 17.2 Å². The van der Waals surface area contributed by atoms with E-state index in [1.165, 1.54) is 36.3 Å². The summed E-state index contributed by atoms with van der Waals surface area (Å²) in [5.41, 5.74) is 0.435. The number of hydrogen-bond donors (Lipinski definition) is 1. The zero-order valence-electron chi connectivity index (χ0n) is 14.5. The second-order valence-corrected chi connectivity index (χ2v) is 5.97. The van der Waals surface area contributed by atoms with E-state index in [-0.39, 0.29) is 17.6 Å². The number of halogens is 1. The molecule has 6 nitrogen and oxygen atoms in total. The number of likely N-dealkylation sites (N-methyl/N-ethyl adjacent to an activating group) is 1. The van der Waals surface area contributed by atoms with Crippen molar-refractivity contribution in [1.29, 1.82) is 0 Å². The van der Waals surface area contributed by atoms with Gasteiger partial charge in [-0.1, -0.05) is 0 Å². The van der Waals surface area contributed by atoms with E-state index in [2.05, 4.69) is 5.32 Å². The van der Waals surface area contributed by atoms with Crippen molar-refractivity contribution in [3.05, 3.63) is 48.3 Å². The number of likely N-dealkylation sites (tertiary alicyclic amines) is 1. The molecule has 1 fully saturated rings. The van der Waals surface area contributed by atoms with Gasteiger partial charge in [-0.15, -0.1) is 0 Å². The smallest absolute Gasteiger partial charge is 0.247 e. The molecule has 2 amide bonds. The van der Waals surface area contributed by atoms with Crippen molar-refractivity contribution in [3.63, 3.8) is 0 Å². The monoisotopic (exact) mass is 358 g/mol. The van der Waals surface area contributed by atoms with Gasteiger partial charge in [-0.3, -0.25) is 9.59 Å². The fourth-order valence-electron chi connectivity index (χ4n) is 2.81. The maximum absolute atomic E-state index is 13.0. The number of carbonyl (C=O) groups excluding carboxylic acids is 2. The van der Waals surface area contributed by atoms with Gasteiger partial charge in [-0.05, 0) is 42.8 Å². The molecule has 0 bridgehead atoms. The first-order valence-corrected chi connectivity index (χ1v) is 8.16. The molecular formula is C19H19FN2O4. The van der Waals surface area contributed by atoms with Crippen LogP contribution in [-0.2, 0) is 9.59 Å². The van der Waals surface area contributed by atoms with E-state index < -0.39 is 6.04 Å². The Morgan fingerprint density at radius 1 is 1.19 bits per heavy atom. The quantitative estimate of drug-likeness (QED) is 0.891. The standard InChI is InChI=1S/C19H19FN2O4/c1-22-16(8-10-18(22)23)19(24)21-15-11-14(7-9-17(15)25-2)26-13-5-3-12(20)4-6-13/h3-7,9,11,16H,8,10H2,1-2H3,(H,21,24). The summed E-state index contributed by atoms with van der Waals surface area (Å²) >= 11 is 0. The average molecular weight is 358 g/mol. The number of nitrogens with zero attached hydrogens (tertiary/aromatic N) is 1. The predicted octanol–water partition coefficient (Wildman–Crippen LogP) is 3.19. The summed E-state index contributed by atoms with van der Waals surface area (Å²) in [5, 5.41) is 2.79. The highest BCUT2D eigenvalue weighted by Crippen LogP contribution is 2.32. The van der Waals surface area contributed by atoms with Crippen LogP contribution in [0.1, 0.15) is 12.8 Å². The third kappa shape index (κ3) is 3.77. The molecule has 1 saturated heterocycles. The molecule has 1 atom stereocenters. The minimum Gasteiger partial charge on any atom is -0.495 e. The lowest BCUT2D eigenvalue weighted by Gasteiger charge is -2.20. The highest BCUT2D eigenvalue weighted by atomic mass is 19.1. The molecule has 0 aromatic heterocycles. The normalized spacial score (nSPS) is 16.5. The summed E-state index contributed by atoms with van der Waals surface area (Å²) in [5.74, 6) is 0.715. The van der Waals surface area contributed by atoms with Crippen LogP contribution in [0.2, 0.25) is 0 Å². The summed E-state index contributed by atoms with van der Waals surface area (Å²) in [4.78, 5) is 25.6. The highest BCUT2D eigenvalue weighted by molar-refractivity contribution is 5.99. The fourth-order valence-corrected chi connectivity index (χ4v) is 2.81. The van der Waals surface area contributed by atoms with Crippen molar-refractivity contribution in [1.82, 2.24) is 4.90 Å². The first-order valence-electron chi connectivity index (χ1n) is 8.16. The third-order valence-electron chi connectivity index (χ3n) is 4.27. The van der Waals surface area contributed by atoms with Gasteiger partial charge in [-0.25, -0.2) is 4.39 Å². The molecule has 0 aliphatic carbocycles. The van der Waals surface area contributed by atoms with Crippen molar-refractivity contribution in [2.24, 2.45) is 0 Å². The summed E-state index contributed by atoms with van der Waals surface area (Å²) in [6.07, 6.45) is 0.842. The first kappa shape index (κ1) is 17.7. The van der Waals surface area contributed by atoms with Gasteiger partial charge in [0.05, 0.1) is 12.8 Å². The van der Waals surface area contributed by atoms with Crippen molar-refractivity contribution < 1.29 is 23.5 Å². The number of hydrogen-bond acceptors (Lipinski definition) is 4. The van der Waals surface area contributed by atoms with Crippen LogP contribution in [0.25, 0.3) is 0 Å². The summed E-state index contributed by atoms with van der Waals surface area (Å²) in [6, 6.07) is 10.1. The second-order valence-electron chi connectivity index (χ2n) is 5.97. The Morgan fingerprint density at radius 2 is 1.88 bits per heavy atom. The molecule has 0 saturated carbocycles. The van der Waals surface area contributed by atoms with Gasteiger partial charge in [0.25, 0.3) is 0 Å². The van der Waals surface area contributed by atoms with Crippen LogP contribution in [0.3, 0.4) is 0 Å². The van der Waals surface area contributed by atoms with E-state index in [9.17, 15) is 14.0 Å². The van der Waals surface area contributed by atoms with Crippen LogP contribution in [0.4, 0.5) is 10.1 Å². The number of methoxy groups -OCH3 is 1. The minimum atomic E-state index is -0.506. The van der Waals surface area contributed by atoms with Crippen LogP contribution >= 0.6 is 0 Å². The number of benzene rings is 2. The number of nitrogens with one attached hydrogen (secondary N) is 1. The Hall–Kier alpha value is -3.09. The maximum Gasteiger partial charge on any atom is 0.247 e. The Labute approximate surface area is 150 Å². The molecule has 1 N–H and O–H groups in total. The van der Waals surface area contributed by atoms with E-state index in [1.54, 1.807) is 25.2 Å². The molecule has 3 rings (SSSR count). The fraction of sp³-hybridized carbons (Fsp3) is 0.263. The summed E-state index contributed by atoms with van der Waals surface area (Å²) in [7, 11) is 3.11. The van der Waals surface area contributed by atoms with Crippen LogP contribution in [0.15, 0.2) is 42.5 Å². The van der Waals surface area contributed by atoms with Crippen LogP contribution < -0.4 is 14.8 Å². The zero-order chi connectivity index (χ0) is 18.7. The van der Waals surface area contributed by atoms with Gasteiger partial charge >= 0.3 is 0 Å². The van der Waals surface area contributed by atoms with Crippen molar-refractivity contribution in [2.45, 2.75) is 18.9 Å². The Kier molecular flexibility index (Phi) is 5.06. The number of rotatable bonds is 5. The molecule has 26 heavy (non-hydrogen) atoms. The van der Waals surface area contributed by atoms with Gasteiger partial charge in [0, 0.05) is 19.5 Å². The lowest BCUT2D eigenvalue weighted by atomic mass is 10.2. The molecule has 2 aromatic rings. The molecular weight excluding hydrogens is 339 g/mol. The van der Waals surface area contributed by atoms with E-state index in [4.69, 9.17) is 9.47 Å². The van der Waals surface area contributed by atoms with E-state index in [0.29, 0.717) is 35.8 Å².